The van der Waals surface area contributed by atoms with Crippen LogP contribution in [-0.4, -0.2) is 12.9 Å². The summed E-state index contributed by atoms with van der Waals surface area (Å²) >= 11 is 0. The Kier molecular flexibility index (Phi) is 2.82. The van der Waals surface area contributed by atoms with Crippen LogP contribution in [0.4, 0.5) is 4.39 Å². The summed E-state index contributed by atoms with van der Waals surface area (Å²) in [6, 6.07) is 4.12. The number of methoxy groups -OCH3 is 1. The topological polar surface area (TPSA) is 50.1 Å². The van der Waals surface area contributed by atoms with E-state index in [4.69, 9.17) is 10.00 Å². The van der Waals surface area contributed by atoms with Crippen molar-refractivity contribution >= 4 is 5.78 Å². The van der Waals surface area contributed by atoms with Gasteiger partial charge < -0.3 is 4.74 Å². The number of carbonyl (C=O) groups is 1. The predicted molar refractivity (Wildman–Crippen MR) is 47.7 cm³/mol. The molecule has 0 unspecified atom stereocenters. The molecular formula is C10H8FNO2. The maximum Gasteiger partial charge on any atom is 0.166 e. The lowest BCUT2D eigenvalue weighted by atomic mass is 10.1. The Morgan fingerprint density at radius 2 is 2.21 bits per heavy atom. The van der Waals surface area contributed by atoms with Gasteiger partial charge in [-0.15, -0.1) is 0 Å². The Bertz CT molecular complexity index is 421. The minimum atomic E-state index is -0.728. The first-order valence-corrected chi connectivity index (χ1v) is 3.88. The molecule has 0 heterocycles. The van der Waals surface area contributed by atoms with Gasteiger partial charge in [0.2, 0.25) is 0 Å². The SMILES string of the molecule is COc1cc(C#N)cc(F)c1C(C)=O. The lowest BCUT2D eigenvalue weighted by Crippen LogP contribution is -2.02. The fourth-order valence-corrected chi connectivity index (χ4v) is 1.15. The molecule has 1 rings (SSSR count). The van der Waals surface area contributed by atoms with E-state index >= 15 is 0 Å². The molecule has 1 aromatic rings. The molecule has 0 aliphatic heterocycles. The highest BCUT2D eigenvalue weighted by Gasteiger charge is 2.15. The van der Waals surface area contributed by atoms with E-state index in [-0.39, 0.29) is 16.9 Å². The fourth-order valence-electron chi connectivity index (χ4n) is 1.15. The number of nitrogens with zero attached hydrogens (tertiary/aromatic N) is 1. The van der Waals surface area contributed by atoms with E-state index in [1.54, 1.807) is 6.07 Å². The van der Waals surface area contributed by atoms with E-state index < -0.39 is 11.6 Å². The number of hydrogen-bond donors (Lipinski definition) is 0. The average Bonchev–Trinajstić information content (AvgIpc) is 2.15. The highest BCUT2D eigenvalue weighted by atomic mass is 19.1. The molecule has 0 aromatic heterocycles. The maximum atomic E-state index is 13.3. The number of hydrogen-bond acceptors (Lipinski definition) is 3. The molecule has 0 radical (unpaired) electrons. The summed E-state index contributed by atoms with van der Waals surface area (Å²) < 4.78 is 18.1. The quantitative estimate of drug-likeness (QED) is 0.674. The molecule has 0 N–H and O–H groups in total. The van der Waals surface area contributed by atoms with E-state index in [0.717, 1.165) is 6.07 Å². The first-order chi connectivity index (χ1) is 6.60. The van der Waals surface area contributed by atoms with Crippen LogP contribution in [0.2, 0.25) is 0 Å². The molecule has 0 aliphatic carbocycles. The van der Waals surface area contributed by atoms with Crippen molar-refractivity contribution in [2.75, 3.05) is 7.11 Å². The van der Waals surface area contributed by atoms with Crippen LogP contribution in [-0.2, 0) is 0 Å². The molecular weight excluding hydrogens is 185 g/mol. The molecule has 0 aliphatic rings. The minimum Gasteiger partial charge on any atom is -0.496 e. The number of halogens is 1. The van der Waals surface area contributed by atoms with Gasteiger partial charge in [0.15, 0.2) is 5.78 Å². The van der Waals surface area contributed by atoms with Gasteiger partial charge in [0.05, 0.1) is 24.3 Å². The third-order valence-electron chi connectivity index (χ3n) is 1.76. The largest absolute Gasteiger partial charge is 0.496 e. The summed E-state index contributed by atoms with van der Waals surface area (Å²) in [7, 11) is 1.32. The number of Topliss-reactive ketones (excluding diaryl/α,β-unsaturated/α-hetero) is 1. The Hall–Kier alpha value is -1.89. The molecule has 0 amide bonds. The first-order valence-electron chi connectivity index (χ1n) is 3.88. The minimum absolute atomic E-state index is 0.0917. The van der Waals surface area contributed by atoms with Gasteiger partial charge in [0, 0.05) is 0 Å². The summed E-state index contributed by atoms with van der Waals surface area (Å²) in [6.07, 6.45) is 0. The third-order valence-corrected chi connectivity index (χ3v) is 1.76. The van der Waals surface area contributed by atoms with Crippen molar-refractivity contribution in [2.24, 2.45) is 0 Å². The second-order valence-corrected chi connectivity index (χ2v) is 2.70. The number of nitriles is 1. The van der Waals surface area contributed by atoms with Gasteiger partial charge in [-0.25, -0.2) is 4.39 Å². The summed E-state index contributed by atoms with van der Waals surface area (Å²) in [5.74, 6) is -1.06. The molecule has 0 bridgehead atoms. The van der Waals surface area contributed by atoms with Crippen molar-refractivity contribution in [1.82, 2.24) is 0 Å². The van der Waals surface area contributed by atoms with Crippen LogP contribution in [0, 0.1) is 17.1 Å². The number of ketones is 1. The molecule has 1 aromatic carbocycles. The summed E-state index contributed by atoms with van der Waals surface area (Å²) in [4.78, 5) is 11.0. The Balaban J connectivity index is 3.44. The maximum absolute atomic E-state index is 13.3. The average molecular weight is 193 g/mol. The molecule has 0 saturated carbocycles. The second kappa shape index (κ2) is 3.88. The Morgan fingerprint density at radius 1 is 1.57 bits per heavy atom. The van der Waals surface area contributed by atoms with E-state index in [0.29, 0.717) is 0 Å². The molecule has 0 atom stereocenters. The van der Waals surface area contributed by atoms with E-state index in [2.05, 4.69) is 0 Å². The van der Waals surface area contributed by atoms with Crippen molar-refractivity contribution in [1.29, 1.82) is 5.26 Å². The van der Waals surface area contributed by atoms with Crippen LogP contribution in [0.5, 0.6) is 5.75 Å². The number of carbonyl (C=O) groups excluding carboxylic acids is 1. The zero-order valence-corrected chi connectivity index (χ0v) is 7.80. The van der Waals surface area contributed by atoms with E-state index in [1.807, 2.05) is 0 Å². The Morgan fingerprint density at radius 3 is 2.64 bits per heavy atom. The van der Waals surface area contributed by atoms with Gasteiger partial charge in [-0.1, -0.05) is 0 Å². The second-order valence-electron chi connectivity index (χ2n) is 2.70. The molecule has 14 heavy (non-hydrogen) atoms. The summed E-state index contributed by atoms with van der Waals surface area (Å²) in [5.41, 5.74) is 0.0100. The molecule has 0 fully saturated rings. The van der Waals surface area contributed by atoms with Gasteiger partial charge in [-0.3, -0.25) is 4.79 Å². The molecule has 4 heteroatoms. The van der Waals surface area contributed by atoms with Crippen molar-refractivity contribution in [2.45, 2.75) is 6.92 Å². The third kappa shape index (κ3) is 1.72. The molecule has 72 valence electrons. The number of benzene rings is 1. The van der Waals surface area contributed by atoms with Crippen molar-refractivity contribution in [3.8, 4) is 11.8 Å². The monoisotopic (exact) mass is 193 g/mol. The van der Waals surface area contributed by atoms with Gasteiger partial charge in [-0.2, -0.15) is 5.26 Å². The van der Waals surface area contributed by atoms with Gasteiger partial charge in [0.1, 0.15) is 11.6 Å². The molecule has 3 nitrogen and oxygen atoms in total. The zero-order chi connectivity index (χ0) is 10.7. The smallest absolute Gasteiger partial charge is 0.166 e. The van der Waals surface area contributed by atoms with Gasteiger partial charge in [0.25, 0.3) is 0 Å². The number of ether oxygens (including phenoxy) is 1. The van der Waals surface area contributed by atoms with E-state index in [9.17, 15) is 9.18 Å². The van der Waals surface area contributed by atoms with Crippen molar-refractivity contribution in [3.05, 3.63) is 29.1 Å². The predicted octanol–water partition coefficient (Wildman–Crippen LogP) is 1.91. The molecule has 0 spiro atoms. The van der Waals surface area contributed by atoms with E-state index in [1.165, 1.54) is 20.1 Å². The lowest BCUT2D eigenvalue weighted by molar-refractivity contribution is 0.101. The van der Waals surface area contributed by atoms with Crippen LogP contribution in [0.25, 0.3) is 0 Å². The van der Waals surface area contributed by atoms with Gasteiger partial charge >= 0.3 is 0 Å². The number of rotatable bonds is 2. The van der Waals surface area contributed by atoms with Crippen LogP contribution >= 0.6 is 0 Å². The lowest BCUT2D eigenvalue weighted by Gasteiger charge is -2.06. The fraction of sp³-hybridized carbons (Fsp3) is 0.200. The molecule has 0 saturated heterocycles. The van der Waals surface area contributed by atoms with Crippen LogP contribution < -0.4 is 4.74 Å². The highest BCUT2D eigenvalue weighted by Crippen LogP contribution is 2.23. The van der Waals surface area contributed by atoms with Crippen LogP contribution in [0.3, 0.4) is 0 Å². The Labute approximate surface area is 80.7 Å². The van der Waals surface area contributed by atoms with Crippen LogP contribution in [0.15, 0.2) is 12.1 Å². The summed E-state index contributed by atoms with van der Waals surface area (Å²) in [6.45, 7) is 1.24. The highest BCUT2D eigenvalue weighted by molar-refractivity contribution is 5.97. The normalized spacial score (nSPS) is 9.29. The van der Waals surface area contributed by atoms with Crippen molar-refractivity contribution in [3.63, 3.8) is 0 Å². The summed E-state index contributed by atoms with van der Waals surface area (Å²) in [5, 5.41) is 8.55. The first kappa shape index (κ1) is 10.2. The standard InChI is InChI=1S/C10H8FNO2/c1-6(13)10-8(11)3-7(5-12)4-9(10)14-2/h3-4H,1-2H3. The van der Waals surface area contributed by atoms with Crippen molar-refractivity contribution < 1.29 is 13.9 Å². The zero-order valence-electron chi connectivity index (χ0n) is 7.80. The van der Waals surface area contributed by atoms with Gasteiger partial charge in [-0.05, 0) is 19.1 Å². The van der Waals surface area contributed by atoms with Crippen LogP contribution in [0.1, 0.15) is 22.8 Å².